The summed E-state index contributed by atoms with van der Waals surface area (Å²) in [5.74, 6) is -0.162. The van der Waals surface area contributed by atoms with Gasteiger partial charge in [-0.15, -0.1) is 0 Å². The summed E-state index contributed by atoms with van der Waals surface area (Å²) in [5, 5.41) is 12.6. The summed E-state index contributed by atoms with van der Waals surface area (Å²) in [6.07, 6.45) is -8.56. The monoisotopic (exact) mass is 475 g/mol. The molecular formula is C20H19F6N5O2. The molecule has 13 heteroatoms. The number of aromatic nitrogens is 2. The molecule has 0 spiro atoms. The molecule has 1 aromatic carbocycles. The zero-order chi connectivity index (χ0) is 24.4. The average Bonchev–Trinajstić information content (AvgIpc) is 3.20. The molecule has 1 aromatic heterocycles. The van der Waals surface area contributed by atoms with Gasteiger partial charge in [-0.3, -0.25) is 4.79 Å². The molecule has 0 N–H and O–H groups in total. The van der Waals surface area contributed by atoms with E-state index in [4.69, 9.17) is 9.78 Å². The van der Waals surface area contributed by atoms with Gasteiger partial charge >= 0.3 is 12.4 Å². The van der Waals surface area contributed by atoms with Crippen molar-refractivity contribution < 1.29 is 35.7 Å². The summed E-state index contributed by atoms with van der Waals surface area (Å²) in [7, 11) is 0. The number of carbonyl (C=O) groups excluding carboxylic acids is 1. The third-order valence-corrected chi connectivity index (χ3v) is 5.27. The highest BCUT2D eigenvalue weighted by molar-refractivity contribution is 5.73. The average molecular weight is 475 g/mol. The van der Waals surface area contributed by atoms with Crippen LogP contribution in [0, 0.1) is 11.3 Å². The van der Waals surface area contributed by atoms with Crippen LogP contribution in [-0.4, -0.2) is 46.8 Å². The third kappa shape index (κ3) is 6.15. The predicted molar refractivity (Wildman–Crippen MR) is 102 cm³/mol. The van der Waals surface area contributed by atoms with Crippen LogP contribution in [0.25, 0.3) is 0 Å². The Labute approximate surface area is 184 Å². The van der Waals surface area contributed by atoms with E-state index in [0.717, 1.165) is 12.1 Å². The second-order valence-electron chi connectivity index (χ2n) is 7.64. The Morgan fingerprint density at radius 1 is 1.24 bits per heavy atom. The Morgan fingerprint density at radius 3 is 2.45 bits per heavy atom. The Balaban J connectivity index is 1.83. The quantitative estimate of drug-likeness (QED) is 0.601. The number of amides is 1. The number of benzene rings is 1. The number of alkyl halides is 6. The minimum atomic E-state index is -4.92. The van der Waals surface area contributed by atoms with E-state index in [2.05, 4.69) is 10.1 Å². The predicted octanol–water partition coefficient (Wildman–Crippen LogP) is 4.25. The molecular weight excluding hydrogens is 456 g/mol. The summed E-state index contributed by atoms with van der Waals surface area (Å²) >= 11 is 0. The van der Waals surface area contributed by atoms with Gasteiger partial charge in [0, 0.05) is 31.6 Å². The van der Waals surface area contributed by atoms with Crippen molar-refractivity contribution in [2.24, 2.45) is 0 Å². The van der Waals surface area contributed by atoms with Gasteiger partial charge < -0.3 is 14.3 Å². The van der Waals surface area contributed by atoms with Gasteiger partial charge in [-0.05, 0) is 31.0 Å². The van der Waals surface area contributed by atoms with E-state index in [1.165, 1.54) is 13.0 Å². The lowest BCUT2D eigenvalue weighted by Crippen LogP contribution is -2.36. The molecule has 178 valence electrons. The fraction of sp³-hybridized carbons (Fsp3) is 0.500. The number of likely N-dealkylation sites (tertiary alicyclic amines) is 1. The van der Waals surface area contributed by atoms with E-state index in [1.807, 2.05) is 0 Å². The van der Waals surface area contributed by atoms with Crippen LogP contribution in [0.15, 0.2) is 22.7 Å². The van der Waals surface area contributed by atoms with Gasteiger partial charge in [0.25, 0.3) is 0 Å². The van der Waals surface area contributed by atoms with Crippen molar-refractivity contribution in [3.05, 3.63) is 41.0 Å². The zero-order valence-corrected chi connectivity index (χ0v) is 17.4. The van der Waals surface area contributed by atoms with E-state index < -0.39 is 36.6 Å². The van der Waals surface area contributed by atoms with E-state index in [1.54, 1.807) is 4.90 Å². The summed E-state index contributed by atoms with van der Waals surface area (Å²) < 4.78 is 84.5. The molecule has 1 aliphatic rings. The number of carbonyl (C=O) groups is 1. The molecule has 0 atom stereocenters. The van der Waals surface area contributed by atoms with E-state index in [0.29, 0.717) is 36.9 Å². The second kappa shape index (κ2) is 9.29. The maximum atomic E-state index is 13.3. The van der Waals surface area contributed by atoms with Crippen molar-refractivity contribution in [2.75, 3.05) is 24.5 Å². The van der Waals surface area contributed by atoms with Gasteiger partial charge in [-0.25, -0.2) is 0 Å². The van der Waals surface area contributed by atoms with Gasteiger partial charge in [-0.2, -0.15) is 36.6 Å². The van der Waals surface area contributed by atoms with E-state index in [9.17, 15) is 31.1 Å². The van der Waals surface area contributed by atoms with Crippen molar-refractivity contribution in [1.82, 2.24) is 15.0 Å². The lowest BCUT2D eigenvalue weighted by Gasteiger charge is -2.29. The molecule has 2 aromatic rings. The molecule has 1 aliphatic heterocycles. The first kappa shape index (κ1) is 24.3. The van der Waals surface area contributed by atoms with Crippen LogP contribution in [0.4, 0.5) is 32.0 Å². The van der Waals surface area contributed by atoms with E-state index >= 15 is 0 Å². The molecule has 0 saturated carbocycles. The van der Waals surface area contributed by atoms with Crippen molar-refractivity contribution in [3.8, 4) is 6.07 Å². The summed E-state index contributed by atoms with van der Waals surface area (Å²) in [4.78, 5) is 17.9. The Morgan fingerprint density at radius 2 is 1.91 bits per heavy atom. The minimum absolute atomic E-state index is 0.0666. The zero-order valence-electron chi connectivity index (χ0n) is 17.4. The lowest BCUT2D eigenvalue weighted by atomic mass is 9.97. The molecule has 1 saturated heterocycles. The standard InChI is InChI=1S/C20H19F6N5O2/c1-12(32)30-6-4-13(5-7-30)18-28-17(29-33-18)10-31(11-19(21,22)23)15-3-2-14(9-27)16(8-15)20(24,25)26/h2-3,8,13H,4-7,10-11H2,1H3. The Kier molecular flexibility index (Phi) is 6.85. The number of rotatable bonds is 5. The number of piperidine rings is 1. The number of hydrogen-bond donors (Lipinski definition) is 0. The largest absolute Gasteiger partial charge is 0.417 e. The number of anilines is 1. The van der Waals surface area contributed by atoms with Crippen LogP contribution in [0.5, 0.6) is 0 Å². The molecule has 1 fully saturated rings. The Bertz CT molecular complexity index is 1030. The summed E-state index contributed by atoms with van der Waals surface area (Å²) in [5.41, 5.74) is -2.42. The smallest absolute Gasteiger partial charge is 0.355 e. The molecule has 0 aliphatic carbocycles. The van der Waals surface area contributed by atoms with Gasteiger partial charge in [0.2, 0.25) is 11.8 Å². The van der Waals surface area contributed by atoms with Gasteiger partial charge in [-0.1, -0.05) is 5.16 Å². The van der Waals surface area contributed by atoms with Crippen LogP contribution >= 0.6 is 0 Å². The van der Waals surface area contributed by atoms with Crippen molar-refractivity contribution in [1.29, 1.82) is 5.26 Å². The fourth-order valence-electron chi connectivity index (χ4n) is 3.63. The highest BCUT2D eigenvalue weighted by atomic mass is 19.4. The maximum absolute atomic E-state index is 13.3. The van der Waals surface area contributed by atoms with Crippen molar-refractivity contribution in [2.45, 2.75) is 44.6 Å². The van der Waals surface area contributed by atoms with Crippen LogP contribution in [0.1, 0.15) is 48.5 Å². The van der Waals surface area contributed by atoms with Gasteiger partial charge in [0.05, 0.1) is 23.7 Å². The first-order valence-electron chi connectivity index (χ1n) is 9.88. The molecule has 3 rings (SSSR count). The molecule has 7 nitrogen and oxygen atoms in total. The number of nitrogens with zero attached hydrogens (tertiary/aromatic N) is 5. The van der Waals surface area contributed by atoms with E-state index in [-0.39, 0.29) is 29.2 Å². The highest BCUT2D eigenvalue weighted by Crippen LogP contribution is 2.35. The fourth-order valence-corrected chi connectivity index (χ4v) is 3.63. The van der Waals surface area contributed by atoms with Crippen LogP contribution < -0.4 is 4.90 Å². The van der Waals surface area contributed by atoms with Crippen molar-refractivity contribution in [3.63, 3.8) is 0 Å². The number of hydrogen-bond acceptors (Lipinski definition) is 6. The molecule has 0 bridgehead atoms. The number of nitriles is 1. The first-order valence-corrected chi connectivity index (χ1v) is 9.88. The maximum Gasteiger partial charge on any atom is 0.417 e. The summed E-state index contributed by atoms with van der Waals surface area (Å²) in [6, 6.07) is 3.73. The molecule has 1 amide bonds. The van der Waals surface area contributed by atoms with Gasteiger partial charge in [0.1, 0.15) is 6.54 Å². The first-order chi connectivity index (χ1) is 15.4. The minimum Gasteiger partial charge on any atom is -0.355 e. The SMILES string of the molecule is CC(=O)N1CCC(c2nc(CN(CC(F)(F)F)c3ccc(C#N)c(C(F)(F)F)c3)no2)CC1. The van der Waals surface area contributed by atoms with Crippen LogP contribution in [-0.2, 0) is 17.5 Å². The number of halogens is 6. The van der Waals surface area contributed by atoms with Crippen LogP contribution in [0.2, 0.25) is 0 Å². The molecule has 2 heterocycles. The van der Waals surface area contributed by atoms with Crippen molar-refractivity contribution >= 4 is 11.6 Å². The van der Waals surface area contributed by atoms with Crippen LogP contribution in [0.3, 0.4) is 0 Å². The molecule has 33 heavy (non-hydrogen) atoms. The third-order valence-electron chi connectivity index (χ3n) is 5.27. The second-order valence-corrected chi connectivity index (χ2v) is 7.64. The Hall–Kier alpha value is -3.30. The van der Waals surface area contributed by atoms with Gasteiger partial charge in [0.15, 0.2) is 5.82 Å². The molecule has 0 unspecified atom stereocenters. The highest BCUT2D eigenvalue weighted by Gasteiger charge is 2.36. The lowest BCUT2D eigenvalue weighted by molar-refractivity contribution is -0.137. The topological polar surface area (TPSA) is 86.3 Å². The molecule has 0 radical (unpaired) electrons. The summed E-state index contributed by atoms with van der Waals surface area (Å²) in [6.45, 7) is 0.288. The normalized spacial score (nSPS) is 15.4.